The molecule has 34 heavy (non-hydrogen) atoms. The van der Waals surface area contributed by atoms with Crippen LogP contribution in [0.5, 0.6) is 0 Å². The van der Waals surface area contributed by atoms with Gasteiger partial charge in [-0.25, -0.2) is 9.37 Å². The average Bonchev–Trinajstić information content (AvgIpc) is 3.14. The van der Waals surface area contributed by atoms with Crippen molar-refractivity contribution in [1.29, 1.82) is 0 Å². The van der Waals surface area contributed by atoms with Crippen molar-refractivity contribution in [3.05, 3.63) is 52.3 Å². The summed E-state index contributed by atoms with van der Waals surface area (Å²) < 4.78 is 20.3. The Morgan fingerprint density at radius 3 is 2.82 bits per heavy atom. The maximum Gasteiger partial charge on any atom is 0.263 e. The predicted molar refractivity (Wildman–Crippen MR) is 133 cm³/mol. The topological polar surface area (TPSA) is 113 Å². The quantitative estimate of drug-likeness (QED) is 0.377. The molecule has 0 spiro atoms. The van der Waals surface area contributed by atoms with Crippen molar-refractivity contribution in [2.45, 2.75) is 18.5 Å². The van der Waals surface area contributed by atoms with Crippen LogP contribution in [0.15, 0.2) is 30.3 Å². The number of nitrogens with one attached hydrogen (secondary N) is 2. The largest absolute Gasteiger partial charge is 0.397 e. The first kappa shape index (κ1) is 24.4. The van der Waals surface area contributed by atoms with Crippen LogP contribution in [-0.4, -0.2) is 69.8 Å². The predicted octanol–water partition coefficient (Wildman–Crippen LogP) is 1.49. The minimum Gasteiger partial charge on any atom is -0.397 e. The molecule has 0 bridgehead atoms. The lowest BCUT2D eigenvalue weighted by Gasteiger charge is -2.35. The first-order valence-corrected chi connectivity index (χ1v) is 11.8. The van der Waals surface area contributed by atoms with Gasteiger partial charge in [0.15, 0.2) is 0 Å². The Hall–Kier alpha value is -2.73. The first-order valence-electron chi connectivity index (χ1n) is 10.9. The third-order valence-electron chi connectivity index (χ3n) is 5.98. The second-order valence-electron chi connectivity index (χ2n) is 8.36. The summed E-state index contributed by atoms with van der Waals surface area (Å²) in [5, 5.41) is 17.8. The molecule has 1 aliphatic heterocycles. The lowest BCUT2D eigenvalue weighted by atomic mass is 9.70. The number of amides is 1. The number of aryl methyl sites for hydroxylation is 1. The van der Waals surface area contributed by atoms with Gasteiger partial charge in [0.2, 0.25) is 0 Å². The van der Waals surface area contributed by atoms with E-state index < -0.39 is 23.3 Å². The van der Waals surface area contributed by atoms with Crippen molar-refractivity contribution in [3.8, 4) is 0 Å². The fraction of sp³-hybridized carbons (Fsp3) is 0.391. The molecule has 1 fully saturated rings. The molecular formula is C23H27BFN5O3S. The van der Waals surface area contributed by atoms with E-state index in [1.54, 1.807) is 6.07 Å². The third kappa shape index (κ3) is 4.74. The number of aliphatic hydroxyl groups is 1. The second-order valence-corrected chi connectivity index (χ2v) is 9.36. The molecule has 0 aliphatic carbocycles. The van der Waals surface area contributed by atoms with Crippen LogP contribution in [0.4, 0.5) is 15.8 Å². The molecule has 8 nitrogen and oxygen atoms in total. The number of piperazine rings is 1. The van der Waals surface area contributed by atoms with Gasteiger partial charge in [-0.05, 0) is 31.2 Å². The number of nitrogens with zero attached hydrogens (tertiary/aromatic N) is 2. The Bertz CT molecular complexity index is 1200. The fourth-order valence-electron chi connectivity index (χ4n) is 4.06. The molecule has 11 heteroatoms. The summed E-state index contributed by atoms with van der Waals surface area (Å²) in [5.41, 5.74) is 5.59. The maximum atomic E-state index is 15.1. The Morgan fingerprint density at radius 2 is 2.15 bits per heavy atom. The zero-order chi connectivity index (χ0) is 24.5. The highest BCUT2D eigenvalue weighted by atomic mass is 32.1. The molecule has 2 radical (unpaired) electrons. The number of nitrogen functional groups attached to an aromatic ring is 1. The summed E-state index contributed by atoms with van der Waals surface area (Å²) in [5.74, 6) is -1.22. The first-order chi connectivity index (χ1) is 16.2. The van der Waals surface area contributed by atoms with E-state index in [9.17, 15) is 9.90 Å². The highest BCUT2D eigenvalue weighted by molar-refractivity contribution is 7.21. The van der Waals surface area contributed by atoms with Crippen LogP contribution < -0.4 is 21.3 Å². The van der Waals surface area contributed by atoms with Crippen LogP contribution in [0.25, 0.3) is 10.2 Å². The van der Waals surface area contributed by atoms with Crippen LogP contribution in [0.1, 0.15) is 20.9 Å². The molecule has 3 heterocycles. The molecule has 1 saturated heterocycles. The summed E-state index contributed by atoms with van der Waals surface area (Å²) in [6.45, 7) is 4.81. The Morgan fingerprint density at radius 1 is 1.41 bits per heavy atom. The number of rotatable bonds is 7. The summed E-state index contributed by atoms with van der Waals surface area (Å²) in [4.78, 5) is 20.4. The summed E-state index contributed by atoms with van der Waals surface area (Å²) in [6, 6.07) is 6.98. The van der Waals surface area contributed by atoms with Crippen molar-refractivity contribution >= 4 is 46.7 Å². The minimum atomic E-state index is -2.24. The molecule has 178 valence electrons. The van der Waals surface area contributed by atoms with E-state index in [1.807, 2.05) is 24.0 Å². The Balaban J connectivity index is 1.60. The number of hydrogen-bond acceptors (Lipinski definition) is 8. The summed E-state index contributed by atoms with van der Waals surface area (Å²) in [7, 11) is 7.62. The zero-order valence-corrected chi connectivity index (χ0v) is 19.9. The average molecular weight is 483 g/mol. The van der Waals surface area contributed by atoms with Crippen LogP contribution in [-0.2, 0) is 10.2 Å². The van der Waals surface area contributed by atoms with E-state index in [-0.39, 0.29) is 22.7 Å². The fourth-order valence-corrected chi connectivity index (χ4v) is 5.11. The van der Waals surface area contributed by atoms with Gasteiger partial charge in [0.1, 0.15) is 23.4 Å². The monoisotopic (exact) mass is 483 g/mol. The number of methoxy groups -OCH3 is 1. The molecule has 1 aliphatic rings. The zero-order valence-electron chi connectivity index (χ0n) is 19.1. The number of fused-ring (bicyclic) bond motifs is 1. The van der Waals surface area contributed by atoms with Gasteiger partial charge in [0, 0.05) is 55.6 Å². The number of benzene rings is 1. The van der Waals surface area contributed by atoms with Gasteiger partial charge in [-0.15, -0.1) is 11.3 Å². The molecule has 1 aromatic carbocycles. The smallest absolute Gasteiger partial charge is 0.263 e. The van der Waals surface area contributed by atoms with Gasteiger partial charge in [0.25, 0.3) is 5.91 Å². The number of carbonyl (C=O) groups is 1. The molecule has 2 unspecified atom stereocenters. The second kappa shape index (κ2) is 9.87. The van der Waals surface area contributed by atoms with E-state index in [0.29, 0.717) is 15.9 Å². The highest BCUT2D eigenvalue weighted by Gasteiger charge is 2.37. The number of carbonyl (C=O) groups excluding carboxylic acids is 1. The van der Waals surface area contributed by atoms with E-state index in [2.05, 4.69) is 15.6 Å². The van der Waals surface area contributed by atoms with E-state index >= 15 is 4.39 Å². The molecule has 5 N–H and O–H groups in total. The summed E-state index contributed by atoms with van der Waals surface area (Å²) >= 11 is 1.14. The number of pyridine rings is 1. The number of nitrogens with two attached hydrogens (primary N) is 1. The maximum absolute atomic E-state index is 15.1. The molecular weight excluding hydrogens is 456 g/mol. The number of anilines is 2. The molecule has 2 atom stereocenters. The normalized spacial score (nSPS) is 16.9. The van der Waals surface area contributed by atoms with Crippen LogP contribution in [0, 0.1) is 12.7 Å². The molecule has 2 aromatic heterocycles. The van der Waals surface area contributed by atoms with Crippen molar-refractivity contribution in [3.63, 3.8) is 0 Å². The van der Waals surface area contributed by atoms with Gasteiger partial charge in [-0.1, -0.05) is 6.07 Å². The van der Waals surface area contributed by atoms with Crippen molar-refractivity contribution < 1.29 is 19.0 Å². The number of aromatic nitrogens is 1. The molecule has 4 rings (SSSR count). The van der Waals surface area contributed by atoms with E-state index in [0.717, 1.165) is 43.2 Å². The molecule has 3 aromatic rings. The third-order valence-corrected chi connectivity index (χ3v) is 7.09. The van der Waals surface area contributed by atoms with Gasteiger partial charge in [0.05, 0.1) is 23.8 Å². The Kier molecular flexibility index (Phi) is 7.08. The molecule has 0 saturated carbocycles. The van der Waals surface area contributed by atoms with Gasteiger partial charge in [-0.3, -0.25) is 4.79 Å². The lowest BCUT2D eigenvalue weighted by Crippen LogP contribution is -2.54. The lowest BCUT2D eigenvalue weighted by molar-refractivity contribution is 0.0320. The van der Waals surface area contributed by atoms with Gasteiger partial charge < -0.3 is 31.1 Å². The number of thiophene rings is 1. The van der Waals surface area contributed by atoms with Gasteiger partial charge in [-0.2, -0.15) is 0 Å². The van der Waals surface area contributed by atoms with Crippen molar-refractivity contribution in [2.24, 2.45) is 0 Å². The standard InChI is InChI=1S/C23H27BFN5O3S/c1-13-3-5-15-19(26)20(34-22(15)28-13)21(31)29-18(12-33-2)23(24,32)16-6-4-14(11-17(16)25)30-9-7-27-8-10-30/h3-6,11,18,27,32H,7-10,12,26H2,1-2H3,(H,29,31). The minimum absolute atomic E-state index is 0.143. The summed E-state index contributed by atoms with van der Waals surface area (Å²) in [6.07, 6.45) is 0. The van der Waals surface area contributed by atoms with E-state index in [4.69, 9.17) is 18.3 Å². The number of hydrogen-bond donors (Lipinski definition) is 4. The van der Waals surface area contributed by atoms with E-state index in [1.165, 1.54) is 19.2 Å². The Labute approximate surface area is 202 Å². The number of ether oxygens (including phenoxy) is 1. The van der Waals surface area contributed by atoms with Crippen LogP contribution in [0.3, 0.4) is 0 Å². The van der Waals surface area contributed by atoms with Crippen LogP contribution >= 0.6 is 11.3 Å². The number of halogens is 1. The SMILES string of the molecule is [B]C(O)(c1ccc(N2CCNCC2)cc1F)C(COC)NC(=O)c1sc2nc(C)ccc2c1N. The highest BCUT2D eigenvalue weighted by Crippen LogP contribution is 2.33. The van der Waals surface area contributed by atoms with Crippen molar-refractivity contribution in [1.82, 2.24) is 15.6 Å². The van der Waals surface area contributed by atoms with Gasteiger partial charge >= 0.3 is 0 Å². The van der Waals surface area contributed by atoms with Crippen LogP contribution in [0.2, 0.25) is 0 Å². The van der Waals surface area contributed by atoms with Crippen molar-refractivity contribution in [2.75, 3.05) is 50.5 Å². The molecule has 1 amide bonds.